The summed E-state index contributed by atoms with van der Waals surface area (Å²) < 4.78 is 17.8. The number of carboxylic acid groups (broad SMARTS) is 1. The van der Waals surface area contributed by atoms with Gasteiger partial charge in [-0.15, -0.1) is 0 Å². The summed E-state index contributed by atoms with van der Waals surface area (Å²) >= 11 is 0. The zero-order chi connectivity index (χ0) is 14.4. The predicted molar refractivity (Wildman–Crippen MR) is 66.6 cm³/mol. The van der Waals surface area contributed by atoms with E-state index < -0.39 is 24.2 Å². The van der Waals surface area contributed by atoms with Crippen LogP contribution in [0.4, 0.5) is 4.39 Å². The van der Waals surface area contributed by atoms with E-state index in [1.54, 1.807) is 6.92 Å². The molecule has 0 bridgehead atoms. The van der Waals surface area contributed by atoms with Gasteiger partial charge in [0.1, 0.15) is 12.4 Å². The van der Waals surface area contributed by atoms with Gasteiger partial charge in [0.25, 0.3) is 5.91 Å². The molecular weight excluding hydrogens is 253 g/mol. The van der Waals surface area contributed by atoms with Crippen molar-refractivity contribution in [1.29, 1.82) is 0 Å². The van der Waals surface area contributed by atoms with Crippen molar-refractivity contribution >= 4 is 11.9 Å². The Morgan fingerprint density at radius 1 is 1.42 bits per heavy atom. The number of amides is 1. The van der Waals surface area contributed by atoms with Crippen LogP contribution in [0.15, 0.2) is 18.2 Å². The molecule has 0 spiro atoms. The summed E-state index contributed by atoms with van der Waals surface area (Å²) in [4.78, 5) is 24.1. The molecule has 6 heteroatoms. The Balaban J connectivity index is 2.93. The molecule has 0 unspecified atom stereocenters. The number of nitrogens with zero attached hydrogens (tertiary/aromatic N) is 1. The van der Waals surface area contributed by atoms with E-state index in [4.69, 9.17) is 9.84 Å². The van der Waals surface area contributed by atoms with Crippen molar-refractivity contribution in [1.82, 2.24) is 4.90 Å². The second-order valence-electron chi connectivity index (χ2n) is 4.07. The smallest absolute Gasteiger partial charge is 0.323 e. The van der Waals surface area contributed by atoms with Crippen LogP contribution < -0.4 is 0 Å². The topological polar surface area (TPSA) is 66.8 Å². The maximum Gasteiger partial charge on any atom is 0.323 e. The van der Waals surface area contributed by atoms with Gasteiger partial charge in [0.2, 0.25) is 0 Å². The Bertz CT molecular complexity index is 476. The maximum absolute atomic E-state index is 13.0. The molecule has 0 aromatic heterocycles. The molecule has 0 radical (unpaired) electrons. The van der Waals surface area contributed by atoms with Crippen molar-refractivity contribution in [3.63, 3.8) is 0 Å². The van der Waals surface area contributed by atoms with E-state index in [-0.39, 0.29) is 13.2 Å². The van der Waals surface area contributed by atoms with Gasteiger partial charge in [0.15, 0.2) is 0 Å². The summed E-state index contributed by atoms with van der Waals surface area (Å²) in [5.74, 6) is -1.99. The molecule has 104 valence electrons. The minimum Gasteiger partial charge on any atom is -0.480 e. The SMILES string of the molecule is COCCN(CC(=O)O)C(=O)c1ccc(F)cc1C. The first-order chi connectivity index (χ1) is 8.95. The van der Waals surface area contributed by atoms with Crippen LogP contribution in [0.2, 0.25) is 0 Å². The van der Waals surface area contributed by atoms with Crippen LogP contribution in [-0.4, -0.2) is 48.7 Å². The molecule has 0 heterocycles. The molecule has 0 aliphatic rings. The van der Waals surface area contributed by atoms with Gasteiger partial charge in [0, 0.05) is 19.2 Å². The zero-order valence-corrected chi connectivity index (χ0v) is 10.9. The van der Waals surface area contributed by atoms with Crippen LogP contribution in [0.25, 0.3) is 0 Å². The van der Waals surface area contributed by atoms with Gasteiger partial charge in [-0.1, -0.05) is 0 Å². The lowest BCUT2D eigenvalue weighted by atomic mass is 10.1. The molecule has 0 saturated heterocycles. The minimum atomic E-state index is -1.11. The van der Waals surface area contributed by atoms with E-state index in [2.05, 4.69) is 0 Å². The van der Waals surface area contributed by atoms with Crippen LogP contribution >= 0.6 is 0 Å². The van der Waals surface area contributed by atoms with Crippen molar-refractivity contribution < 1.29 is 23.8 Å². The van der Waals surface area contributed by atoms with Crippen molar-refractivity contribution in [3.8, 4) is 0 Å². The molecule has 5 nitrogen and oxygen atoms in total. The van der Waals surface area contributed by atoms with Crippen LogP contribution in [0.5, 0.6) is 0 Å². The zero-order valence-electron chi connectivity index (χ0n) is 10.9. The second kappa shape index (κ2) is 6.84. The Morgan fingerprint density at radius 2 is 2.11 bits per heavy atom. The monoisotopic (exact) mass is 269 g/mol. The fourth-order valence-electron chi connectivity index (χ4n) is 1.65. The highest BCUT2D eigenvalue weighted by Crippen LogP contribution is 2.13. The number of aryl methyl sites for hydroxylation is 1. The second-order valence-corrected chi connectivity index (χ2v) is 4.07. The Labute approximate surface area is 110 Å². The molecule has 0 atom stereocenters. The predicted octanol–water partition coefficient (Wildman–Crippen LogP) is 1.31. The number of carbonyl (C=O) groups excluding carboxylic acids is 1. The van der Waals surface area contributed by atoms with Gasteiger partial charge < -0.3 is 14.7 Å². The first-order valence-corrected chi connectivity index (χ1v) is 5.72. The van der Waals surface area contributed by atoms with Gasteiger partial charge >= 0.3 is 5.97 Å². The largest absolute Gasteiger partial charge is 0.480 e. The number of carbonyl (C=O) groups is 2. The summed E-state index contributed by atoms with van der Waals surface area (Å²) in [7, 11) is 1.46. The molecule has 1 aromatic rings. The molecular formula is C13H16FNO4. The molecule has 19 heavy (non-hydrogen) atoms. The molecule has 1 amide bonds. The third-order valence-corrected chi connectivity index (χ3v) is 2.60. The van der Waals surface area contributed by atoms with Gasteiger partial charge in [-0.25, -0.2) is 4.39 Å². The number of hydrogen-bond acceptors (Lipinski definition) is 3. The Hall–Kier alpha value is -1.95. The normalized spacial score (nSPS) is 10.3. The number of benzene rings is 1. The number of carboxylic acids is 1. The van der Waals surface area contributed by atoms with Crippen molar-refractivity contribution in [2.75, 3.05) is 26.8 Å². The quantitative estimate of drug-likeness (QED) is 0.845. The number of halogens is 1. The molecule has 0 saturated carbocycles. The summed E-state index contributed by atoms with van der Waals surface area (Å²) in [6.07, 6.45) is 0. The summed E-state index contributed by atoms with van der Waals surface area (Å²) in [5, 5.41) is 8.80. The highest BCUT2D eigenvalue weighted by molar-refractivity contribution is 5.97. The number of ether oxygens (including phenoxy) is 1. The van der Waals surface area contributed by atoms with E-state index in [1.807, 2.05) is 0 Å². The average molecular weight is 269 g/mol. The van der Waals surface area contributed by atoms with Crippen LogP contribution in [0.3, 0.4) is 0 Å². The third-order valence-electron chi connectivity index (χ3n) is 2.60. The van der Waals surface area contributed by atoms with E-state index in [0.717, 1.165) is 4.90 Å². The fraction of sp³-hybridized carbons (Fsp3) is 0.385. The first-order valence-electron chi connectivity index (χ1n) is 5.72. The minimum absolute atomic E-state index is 0.165. The number of aliphatic carboxylic acids is 1. The highest BCUT2D eigenvalue weighted by Gasteiger charge is 2.19. The summed E-state index contributed by atoms with van der Waals surface area (Å²) in [5.41, 5.74) is 0.761. The van der Waals surface area contributed by atoms with Crippen LogP contribution in [0, 0.1) is 12.7 Å². The third kappa shape index (κ3) is 4.33. The number of hydrogen-bond donors (Lipinski definition) is 1. The molecule has 0 fully saturated rings. The molecule has 1 rings (SSSR count). The molecule has 1 aromatic carbocycles. The Morgan fingerprint density at radius 3 is 2.63 bits per heavy atom. The van der Waals surface area contributed by atoms with E-state index in [9.17, 15) is 14.0 Å². The van der Waals surface area contributed by atoms with E-state index in [0.29, 0.717) is 11.1 Å². The highest BCUT2D eigenvalue weighted by atomic mass is 19.1. The molecule has 0 aliphatic heterocycles. The van der Waals surface area contributed by atoms with Crippen LogP contribution in [0.1, 0.15) is 15.9 Å². The van der Waals surface area contributed by atoms with Gasteiger partial charge in [-0.2, -0.15) is 0 Å². The molecule has 1 N–H and O–H groups in total. The fourth-order valence-corrected chi connectivity index (χ4v) is 1.65. The first kappa shape index (κ1) is 15.1. The lowest BCUT2D eigenvalue weighted by Gasteiger charge is -2.21. The average Bonchev–Trinajstić information content (AvgIpc) is 2.33. The van der Waals surface area contributed by atoms with Crippen molar-refractivity contribution in [3.05, 3.63) is 35.1 Å². The lowest BCUT2D eigenvalue weighted by molar-refractivity contribution is -0.137. The van der Waals surface area contributed by atoms with Crippen molar-refractivity contribution in [2.45, 2.75) is 6.92 Å². The van der Waals surface area contributed by atoms with Gasteiger partial charge in [0.05, 0.1) is 6.61 Å². The maximum atomic E-state index is 13.0. The summed E-state index contributed by atoms with van der Waals surface area (Å²) in [6.45, 7) is 1.59. The Kier molecular flexibility index (Phi) is 5.44. The molecule has 0 aliphatic carbocycles. The van der Waals surface area contributed by atoms with Gasteiger partial charge in [-0.3, -0.25) is 9.59 Å². The van der Waals surface area contributed by atoms with Crippen LogP contribution in [-0.2, 0) is 9.53 Å². The number of methoxy groups -OCH3 is 1. The van der Waals surface area contributed by atoms with Crippen molar-refractivity contribution in [2.24, 2.45) is 0 Å². The lowest BCUT2D eigenvalue weighted by Crippen LogP contribution is -2.38. The summed E-state index contributed by atoms with van der Waals surface area (Å²) in [6, 6.07) is 3.77. The van der Waals surface area contributed by atoms with E-state index in [1.165, 1.54) is 25.3 Å². The number of rotatable bonds is 6. The standard InChI is InChI=1S/C13H16FNO4/c1-9-7-10(14)3-4-11(9)13(18)15(5-6-19-2)8-12(16)17/h3-4,7H,5-6,8H2,1-2H3,(H,16,17). The van der Waals surface area contributed by atoms with E-state index >= 15 is 0 Å². The van der Waals surface area contributed by atoms with Gasteiger partial charge in [-0.05, 0) is 30.7 Å².